The van der Waals surface area contributed by atoms with E-state index in [0.29, 0.717) is 0 Å². The van der Waals surface area contributed by atoms with Gasteiger partial charge < -0.3 is 5.32 Å². The van der Waals surface area contributed by atoms with Gasteiger partial charge in [0.25, 0.3) is 0 Å². The number of pyridine rings is 1. The Hall–Kier alpha value is -5.47. The Bertz CT molecular complexity index is 2230. The number of nitrogens with zero attached hydrogens (tertiary/aromatic N) is 2. The van der Waals surface area contributed by atoms with Crippen molar-refractivity contribution in [3.8, 4) is 33.4 Å². The van der Waals surface area contributed by atoms with Crippen molar-refractivity contribution in [2.75, 3.05) is 6.54 Å². The monoisotopic (exact) mass is 591 g/mol. The van der Waals surface area contributed by atoms with Gasteiger partial charge in [-0.15, -0.1) is 6.54 Å². The summed E-state index contributed by atoms with van der Waals surface area (Å²) < 4.78 is 0. The minimum absolute atomic E-state index is 0.769. The van der Waals surface area contributed by atoms with Crippen LogP contribution in [-0.4, -0.2) is 11.5 Å². The molecule has 0 amide bonds. The highest BCUT2D eigenvalue weighted by Gasteiger charge is 2.17. The molecule has 222 valence electrons. The Kier molecular flexibility index (Phi) is 7.40. The van der Waals surface area contributed by atoms with Gasteiger partial charge in [0, 0.05) is 18.0 Å². The third kappa shape index (κ3) is 5.06. The van der Waals surface area contributed by atoms with E-state index in [9.17, 15) is 0 Å². The minimum atomic E-state index is 0.769. The van der Waals surface area contributed by atoms with Gasteiger partial charge in [0.1, 0.15) is 0 Å². The van der Waals surface area contributed by atoms with Crippen molar-refractivity contribution >= 4 is 37.9 Å². The quantitative estimate of drug-likeness (QED) is 0.169. The van der Waals surface area contributed by atoms with Crippen LogP contribution < -0.4 is 0 Å². The fourth-order valence-corrected chi connectivity index (χ4v) is 7.04. The summed E-state index contributed by atoms with van der Waals surface area (Å²) in [5.74, 6) is 0. The Morgan fingerprint density at radius 3 is 1.83 bits per heavy atom. The highest BCUT2D eigenvalue weighted by molar-refractivity contribution is 6.21. The molecule has 6 aromatic carbocycles. The van der Waals surface area contributed by atoms with Crippen LogP contribution in [0.25, 0.3) is 76.6 Å². The zero-order valence-electron chi connectivity index (χ0n) is 26.1. The lowest BCUT2D eigenvalue weighted by Gasteiger charge is -2.25. The first kappa shape index (κ1) is 28.0. The van der Waals surface area contributed by atoms with Gasteiger partial charge in [0.15, 0.2) is 0 Å². The molecule has 0 fully saturated rings. The number of benzene rings is 6. The fraction of sp³-hybridized carbons (Fsp3) is 0.114. The van der Waals surface area contributed by atoms with Crippen LogP contribution in [0.3, 0.4) is 0 Å². The summed E-state index contributed by atoms with van der Waals surface area (Å²) in [7, 11) is 0. The van der Waals surface area contributed by atoms with Crippen LogP contribution in [0.5, 0.6) is 0 Å². The molecule has 2 heteroatoms. The fourth-order valence-electron chi connectivity index (χ4n) is 7.04. The smallest absolute Gasteiger partial charge is 0.0346 e. The second-order valence-electron chi connectivity index (χ2n) is 12.2. The summed E-state index contributed by atoms with van der Waals surface area (Å²) in [4.78, 5) is 4.66. The van der Waals surface area contributed by atoms with Gasteiger partial charge in [-0.2, -0.15) is 6.20 Å². The number of allylic oxidation sites excluding steroid dienone is 2. The van der Waals surface area contributed by atoms with Crippen molar-refractivity contribution in [2.24, 2.45) is 0 Å². The molecule has 0 aliphatic carbocycles. The molecule has 0 spiro atoms. The topological polar surface area (TPSA) is 27.0 Å². The Morgan fingerprint density at radius 1 is 0.565 bits per heavy atom. The predicted molar refractivity (Wildman–Crippen MR) is 197 cm³/mol. The molecule has 2 heterocycles. The maximum atomic E-state index is 4.66. The summed E-state index contributed by atoms with van der Waals surface area (Å²) in [6.07, 6.45) is 11.7. The molecule has 2 nitrogen and oxygen atoms in total. The molecule has 46 heavy (non-hydrogen) atoms. The highest BCUT2D eigenvalue weighted by atomic mass is 14.8. The third-order valence-corrected chi connectivity index (χ3v) is 9.31. The number of unbranched alkanes of at least 4 members (excludes halogenated alkanes) is 1. The van der Waals surface area contributed by atoms with E-state index >= 15 is 0 Å². The van der Waals surface area contributed by atoms with Crippen LogP contribution in [0.15, 0.2) is 152 Å². The standard InChI is InChI=1S/C44H35N2/c1-2-3-11-30-22-23-45-29-42(30)37-26-36(27-46-28-37)34-19-18-33-25-35(21-20-32(33)24-34)44-40-16-9-7-14-38(40)43(31-12-5-4-6-13-31)39-15-8-10-17-41(39)44/h4-10,12-22,24-29H,2-3,11,23H2,1H3/q-1. The molecule has 0 atom stereocenters. The summed E-state index contributed by atoms with van der Waals surface area (Å²) in [5.41, 5.74) is 11.1. The predicted octanol–water partition coefficient (Wildman–Crippen LogP) is 12.4. The van der Waals surface area contributed by atoms with Crippen LogP contribution in [0, 0.1) is 0 Å². The van der Waals surface area contributed by atoms with E-state index in [1.165, 1.54) is 84.1 Å². The largest absolute Gasteiger partial charge is 0.687 e. The van der Waals surface area contributed by atoms with E-state index in [2.05, 4.69) is 145 Å². The van der Waals surface area contributed by atoms with E-state index in [-0.39, 0.29) is 0 Å². The molecular weight excluding hydrogens is 556 g/mol. The number of hydrogen-bond donors (Lipinski definition) is 0. The van der Waals surface area contributed by atoms with Gasteiger partial charge in [-0.3, -0.25) is 4.98 Å². The van der Waals surface area contributed by atoms with Crippen molar-refractivity contribution in [3.63, 3.8) is 0 Å². The molecular formula is C44H35N2-. The molecule has 1 aliphatic heterocycles. The van der Waals surface area contributed by atoms with Gasteiger partial charge >= 0.3 is 0 Å². The van der Waals surface area contributed by atoms with Crippen molar-refractivity contribution < 1.29 is 0 Å². The normalized spacial score (nSPS) is 13.1. The van der Waals surface area contributed by atoms with Gasteiger partial charge in [-0.05, 0) is 108 Å². The SMILES string of the molecule is CCCCC1=CC[N-]C=C1c1cncc(-c2ccc3cc(-c4c5ccccc5c(-c5ccccc5)c5ccccc45)ccc3c2)c1. The second kappa shape index (κ2) is 12.1. The van der Waals surface area contributed by atoms with Crippen LogP contribution >= 0.6 is 0 Å². The zero-order valence-corrected chi connectivity index (χ0v) is 26.1. The number of aromatic nitrogens is 1. The van der Waals surface area contributed by atoms with Crippen molar-refractivity contribution in [1.82, 2.24) is 4.98 Å². The van der Waals surface area contributed by atoms with Crippen molar-refractivity contribution in [1.29, 1.82) is 0 Å². The Balaban J connectivity index is 1.21. The number of hydrogen-bond acceptors (Lipinski definition) is 1. The summed E-state index contributed by atoms with van der Waals surface area (Å²) in [5, 5.41) is 12.1. The lowest BCUT2D eigenvalue weighted by Crippen LogP contribution is -1.98. The summed E-state index contributed by atoms with van der Waals surface area (Å²) in [6.45, 7) is 3.01. The number of fused-ring (bicyclic) bond motifs is 3. The average molecular weight is 592 g/mol. The maximum Gasteiger partial charge on any atom is 0.0346 e. The van der Waals surface area contributed by atoms with Gasteiger partial charge in [-0.25, -0.2) is 0 Å². The maximum absolute atomic E-state index is 4.66. The van der Waals surface area contributed by atoms with Crippen LogP contribution in [0.2, 0.25) is 0 Å². The zero-order chi connectivity index (χ0) is 30.9. The minimum Gasteiger partial charge on any atom is -0.687 e. The Morgan fingerprint density at radius 2 is 1.15 bits per heavy atom. The van der Waals surface area contributed by atoms with E-state index in [0.717, 1.165) is 24.1 Å². The van der Waals surface area contributed by atoms with Gasteiger partial charge in [0.05, 0.1) is 0 Å². The molecule has 0 saturated carbocycles. The van der Waals surface area contributed by atoms with Gasteiger partial charge in [-0.1, -0.05) is 123 Å². The van der Waals surface area contributed by atoms with Crippen LogP contribution in [0.4, 0.5) is 0 Å². The van der Waals surface area contributed by atoms with Gasteiger partial charge in [0.2, 0.25) is 0 Å². The van der Waals surface area contributed by atoms with Crippen LogP contribution in [0.1, 0.15) is 31.7 Å². The molecule has 0 bridgehead atoms. The molecule has 0 radical (unpaired) electrons. The van der Waals surface area contributed by atoms with Crippen molar-refractivity contribution in [3.05, 3.63) is 162 Å². The lowest BCUT2D eigenvalue weighted by atomic mass is 9.85. The van der Waals surface area contributed by atoms with Crippen LogP contribution in [-0.2, 0) is 0 Å². The molecule has 1 aliphatic rings. The third-order valence-electron chi connectivity index (χ3n) is 9.31. The highest BCUT2D eigenvalue weighted by Crippen LogP contribution is 2.44. The van der Waals surface area contributed by atoms with E-state index in [1.807, 2.05) is 18.6 Å². The Labute approximate surface area is 270 Å². The van der Waals surface area contributed by atoms with E-state index in [4.69, 9.17) is 0 Å². The van der Waals surface area contributed by atoms with Crippen molar-refractivity contribution in [2.45, 2.75) is 26.2 Å². The average Bonchev–Trinajstić information content (AvgIpc) is 3.13. The molecule has 0 unspecified atom stereocenters. The molecule has 1 aromatic heterocycles. The first-order valence-corrected chi connectivity index (χ1v) is 16.3. The van der Waals surface area contributed by atoms with E-state index in [1.54, 1.807) is 0 Å². The summed E-state index contributed by atoms with van der Waals surface area (Å²) in [6, 6.07) is 44.4. The molecule has 0 N–H and O–H groups in total. The summed E-state index contributed by atoms with van der Waals surface area (Å²) >= 11 is 0. The molecule has 7 aromatic rings. The second-order valence-corrected chi connectivity index (χ2v) is 12.2. The number of rotatable bonds is 7. The molecule has 0 saturated heterocycles. The first-order valence-electron chi connectivity index (χ1n) is 16.3. The lowest BCUT2D eigenvalue weighted by molar-refractivity contribution is 0.797. The first-order chi connectivity index (χ1) is 22.8. The van der Waals surface area contributed by atoms with E-state index < -0.39 is 0 Å². The molecule has 8 rings (SSSR count).